The molecule has 0 bridgehead atoms. The normalized spacial score (nSPS) is 11.6. The monoisotopic (exact) mass is 661 g/mol. The van der Waals surface area contributed by atoms with Gasteiger partial charge in [-0.15, -0.1) is 0 Å². The molecule has 1 N–H and O–H groups in total. The van der Waals surface area contributed by atoms with Gasteiger partial charge in [0.15, 0.2) is 8.32 Å². The number of carbonyl (C=O) groups is 1. The molecular formula is C32H59NO11Si. The summed E-state index contributed by atoms with van der Waals surface area (Å²) in [6.45, 7) is 18.3. The first kappa shape index (κ1) is 41.4. The van der Waals surface area contributed by atoms with Crippen LogP contribution in [0.2, 0.25) is 19.6 Å². The minimum atomic E-state index is -1.45. The third kappa shape index (κ3) is 28.3. The molecule has 12 nitrogen and oxygen atoms in total. The van der Waals surface area contributed by atoms with Crippen LogP contribution in [0.4, 0.5) is 5.69 Å². The Morgan fingerprint density at radius 2 is 0.911 bits per heavy atom. The molecule has 0 radical (unpaired) electrons. The van der Waals surface area contributed by atoms with Gasteiger partial charge in [0.25, 0.3) is 0 Å². The highest BCUT2D eigenvalue weighted by atomic mass is 28.4. The Morgan fingerprint density at radius 1 is 0.556 bits per heavy atom. The van der Waals surface area contributed by atoms with E-state index >= 15 is 0 Å². The highest BCUT2D eigenvalue weighted by molar-refractivity contribution is 6.69. The molecule has 1 rings (SSSR count). The molecule has 0 heterocycles. The van der Waals surface area contributed by atoms with Crippen molar-refractivity contribution in [3.8, 4) is 0 Å². The van der Waals surface area contributed by atoms with Crippen LogP contribution < -0.4 is 5.32 Å². The summed E-state index contributed by atoms with van der Waals surface area (Å²) < 4.78 is 54.7. The molecule has 13 heteroatoms. The lowest BCUT2D eigenvalue weighted by atomic mass is 10.2. The summed E-state index contributed by atoms with van der Waals surface area (Å²) in [5.41, 5.74) is 1.52. The second-order valence-electron chi connectivity index (χ2n) is 10.9. The first-order chi connectivity index (χ1) is 21.9. The number of rotatable bonds is 33. The van der Waals surface area contributed by atoms with Gasteiger partial charge in [0.2, 0.25) is 0 Å². The van der Waals surface area contributed by atoms with Crippen LogP contribution in [0.3, 0.4) is 0 Å². The van der Waals surface area contributed by atoms with Gasteiger partial charge in [0.05, 0.1) is 118 Å². The third-order valence-corrected chi connectivity index (χ3v) is 6.88. The molecule has 0 saturated heterocycles. The van der Waals surface area contributed by atoms with Crippen LogP contribution in [-0.2, 0) is 47.1 Å². The average Bonchev–Trinajstić information content (AvgIpc) is 3.02. The summed E-state index contributed by atoms with van der Waals surface area (Å²) in [5.74, 6) is -0.358. The Morgan fingerprint density at radius 3 is 1.27 bits per heavy atom. The Bertz CT molecular complexity index is 796. The summed E-state index contributed by atoms with van der Waals surface area (Å²) in [7, 11) is -1.45. The van der Waals surface area contributed by atoms with Crippen molar-refractivity contribution in [1.82, 2.24) is 0 Å². The van der Waals surface area contributed by atoms with Crippen molar-refractivity contribution in [2.75, 3.05) is 131 Å². The third-order valence-electron chi connectivity index (χ3n) is 5.81. The average molecular weight is 662 g/mol. The van der Waals surface area contributed by atoms with Crippen molar-refractivity contribution >= 4 is 20.0 Å². The van der Waals surface area contributed by atoms with Crippen molar-refractivity contribution in [1.29, 1.82) is 0 Å². The Labute approximate surface area is 271 Å². The number of esters is 1. The molecule has 0 unspecified atom stereocenters. The largest absolute Gasteiger partial charge is 0.460 e. The van der Waals surface area contributed by atoms with Gasteiger partial charge in [-0.05, 0) is 50.3 Å². The predicted octanol–water partition coefficient (Wildman–Crippen LogP) is 4.04. The van der Waals surface area contributed by atoms with E-state index in [2.05, 4.69) is 31.9 Å². The zero-order valence-electron chi connectivity index (χ0n) is 28.1. The molecule has 0 atom stereocenters. The van der Waals surface area contributed by atoms with Crippen LogP contribution in [0.1, 0.15) is 30.1 Å². The van der Waals surface area contributed by atoms with Crippen LogP contribution in [0.5, 0.6) is 0 Å². The molecule has 0 spiro atoms. The lowest BCUT2D eigenvalue weighted by Crippen LogP contribution is -2.27. The maximum atomic E-state index is 12.1. The number of anilines is 1. The second kappa shape index (κ2) is 29.7. The fraction of sp³-hybridized carbons (Fsp3) is 0.781. The van der Waals surface area contributed by atoms with E-state index in [4.69, 9.17) is 47.1 Å². The molecule has 0 aliphatic carbocycles. The topological polar surface area (TPSA) is 121 Å². The van der Waals surface area contributed by atoms with Crippen molar-refractivity contribution in [2.24, 2.45) is 0 Å². The SMILES string of the molecule is CCCCNc1ccc(C(=O)OCCOCCOCCOCCOCCOCCOCCOCCOCCO[Si](C)(C)C)cc1. The molecule has 1 aromatic rings. The minimum Gasteiger partial charge on any atom is -0.460 e. The molecule has 0 saturated carbocycles. The summed E-state index contributed by atoms with van der Waals surface area (Å²) in [6.07, 6.45) is 2.25. The fourth-order valence-electron chi connectivity index (χ4n) is 3.46. The smallest absolute Gasteiger partial charge is 0.338 e. The fourth-order valence-corrected chi connectivity index (χ4v) is 4.15. The van der Waals surface area contributed by atoms with Crippen molar-refractivity contribution in [2.45, 2.75) is 39.4 Å². The number of ether oxygens (including phenoxy) is 9. The van der Waals surface area contributed by atoms with Crippen LogP contribution in [0.25, 0.3) is 0 Å². The van der Waals surface area contributed by atoms with E-state index < -0.39 is 8.32 Å². The molecule has 45 heavy (non-hydrogen) atoms. The highest BCUT2D eigenvalue weighted by Crippen LogP contribution is 2.11. The molecule has 0 fully saturated rings. The van der Waals surface area contributed by atoms with Gasteiger partial charge in [0, 0.05) is 12.2 Å². The number of hydrogen-bond donors (Lipinski definition) is 1. The molecule has 0 amide bonds. The van der Waals surface area contributed by atoms with Crippen molar-refractivity contribution < 1.29 is 51.9 Å². The molecule has 262 valence electrons. The Balaban J connectivity index is 1.73. The first-order valence-electron chi connectivity index (χ1n) is 16.2. The van der Waals surface area contributed by atoms with Gasteiger partial charge in [-0.1, -0.05) is 13.3 Å². The van der Waals surface area contributed by atoms with Crippen molar-refractivity contribution in [3.63, 3.8) is 0 Å². The Hall–Kier alpha value is -1.65. The zero-order chi connectivity index (χ0) is 32.7. The highest BCUT2D eigenvalue weighted by Gasteiger charge is 2.13. The van der Waals surface area contributed by atoms with Gasteiger partial charge in [-0.3, -0.25) is 0 Å². The van der Waals surface area contributed by atoms with E-state index in [9.17, 15) is 4.79 Å². The number of carbonyl (C=O) groups excluding carboxylic acids is 1. The summed E-state index contributed by atoms with van der Waals surface area (Å²) >= 11 is 0. The van der Waals surface area contributed by atoms with Crippen LogP contribution >= 0.6 is 0 Å². The van der Waals surface area contributed by atoms with E-state index in [1.165, 1.54) is 0 Å². The predicted molar refractivity (Wildman–Crippen MR) is 176 cm³/mol. The van der Waals surface area contributed by atoms with Crippen molar-refractivity contribution in [3.05, 3.63) is 29.8 Å². The quantitative estimate of drug-likeness (QED) is 0.0665. The zero-order valence-corrected chi connectivity index (χ0v) is 29.1. The molecular weight excluding hydrogens is 602 g/mol. The molecule has 0 aliphatic heterocycles. The van der Waals surface area contributed by atoms with E-state index in [1.54, 1.807) is 12.1 Å². The molecule has 1 aromatic carbocycles. The maximum absolute atomic E-state index is 12.1. The first-order valence-corrected chi connectivity index (χ1v) is 19.6. The van der Waals surface area contributed by atoms with Gasteiger partial charge >= 0.3 is 5.97 Å². The van der Waals surface area contributed by atoms with E-state index in [1.807, 2.05) is 12.1 Å². The minimum absolute atomic E-state index is 0.194. The lowest BCUT2D eigenvalue weighted by Gasteiger charge is -2.16. The second-order valence-corrected chi connectivity index (χ2v) is 15.4. The van der Waals surface area contributed by atoms with E-state index in [0.717, 1.165) is 25.1 Å². The number of nitrogens with one attached hydrogen (secondary N) is 1. The maximum Gasteiger partial charge on any atom is 0.338 e. The number of hydrogen-bond acceptors (Lipinski definition) is 12. The van der Waals surface area contributed by atoms with Gasteiger partial charge in [-0.2, -0.15) is 0 Å². The van der Waals surface area contributed by atoms with Gasteiger partial charge < -0.3 is 52.4 Å². The summed E-state index contributed by atoms with van der Waals surface area (Å²) in [5, 5.41) is 3.32. The van der Waals surface area contributed by atoms with E-state index in [0.29, 0.717) is 118 Å². The van der Waals surface area contributed by atoms with Gasteiger partial charge in [-0.25, -0.2) is 4.79 Å². The number of benzene rings is 1. The molecule has 0 aromatic heterocycles. The number of unbranched alkanes of at least 4 members (excludes halogenated alkanes) is 1. The van der Waals surface area contributed by atoms with E-state index in [-0.39, 0.29) is 12.6 Å². The standard InChI is InChI=1S/C32H59NO11Si/c1-5-6-11-33-31-9-7-30(8-10-31)32(34)43-28-26-41-24-22-39-20-18-37-16-14-35-12-13-36-15-17-38-19-21-40-23-25-42-27-29-44-45(2,3)4/h7-10,33H,5-6,11-29H2,1-4H3. The van der Waals surface area contributed by atoms with Gasteiger partial charge in [0.1, 0.15) is 6.61 Å². The Kier molecular flexibility index (Phi) is 27.3. The summed E-state index contributed by atoms with van der Waals surface area (Å²) in [6, 6.07) is 7.30. The van der Waals surface area contributed by atoms with Crippen LogP contribution in [0, 0.1) is 0 Å². The van der Waals surface area contributed by atoms with Crippen LogP contribution in [-0.4, -0.2) is 140 Å². The molecule has 0 aliphatic rings. The summed E-state index contributed by atoms with van der Waals surface area (Å²) in [4.78, 5) is 12.1. The van der Waals surface area contributed by atoms with Crippen LogP contribution in [0.15, 0.2) is 24.3 Å². The lowest BCUT2D eigenvalue weighted by molar-refractivity contribution is -0.0248.